The van der Waals surface area contributed by atoms with E-state index in [9.17, 15) is 65.9 Å². The monoisotopic (exact) mass is 538 g/mol. The Morgan fingerprint density at radius 3 is 1.15 bits per heavy atom. The summed E-state index contributed by atoms with van der Waals surface area (Å²) >= 11 is 0. The molecular formula is C12H8F18N2O. The van der Waals surface area contributed by atoms with E-state index in [1.54, 1.807) is 0 Å². The van der Waals surface area contributed by atoms with Crippen LogP contribution in [0.2, 0.25) is 0 Å². The van der Waals surface area contributed by atoms with Gasteiger partial charge in [0.1, 0.15) is 0 Å². The number of halogens is 18. The lowest BCUT2D eigenvalue weighted by Crippen LogP contribution is -2.77. The van der Waals surface area contributed by atoms with Crippen LogP contribution in [-0.2, 0) is 0 Å². The van der Waals surface area contributed by atoms with E-state index in [-0.39, 0.29) is 0 Å². The molecule has 0 radical (unpaired) electrons. The Kier molecular flexibility index (Phi) is 6.57. The van der Waals surface area contributed by atoms with E-state index < -0.39 is 83.8 Å². The molecule has 0 amide bonds. The Morgan fingerprint density at radius 1 is 0.576 bits per heavy atom. The van der Waals surface area contributed by atoms with E-state index >= 15 is 13.2 Å². The number of hydrogen-bond donors (Lipinski definition) is 1. The smallest absolute Gasteiger partial charge is 0.395 e. The second-order valence-corrected chi connectivity index (χ2v) is 6.48. The highest BCUT2D eigenvalue weighted by atomic mass is 19.4. The quantitative estimate of drug-likeness (QED) is 0.404. The molecule has 1 N–H and O–H groups in total. The van der Waals surface area contributed by atoms with Crippen molar-refractivity contribution in [1.29, 1.82) is 0 Å². The minimum absolute atomic E-state index is 1.28. The summed E-state index contributed by atoms with van der Waals surface area (Å²) in [6.45, 7) is -5.41. The van der Waals surface area contributed by atoms with Crippen molar-refractivity contribution >= 4 is 0 Å². The summed E-state index contributed by atoms with van der Waals surface area (Å²) in [5.74, 6) is -45.9. The molecule has 1 saturated heterocycles. The number of rotatable bonds is 5. The van der Waals surface area contributed by atoms with Crippen LogP contribution in [0.5, 0.6) is 0 Å². The molecule has 33 heavy (non-hydrogen) atoms. The molecule has 1 aliphatic heterocycles. The van der Waals surface area contributed by atoms with E-state index in [1.807, 2.05) is 0 Å². The van der Waals surface area contributed by atoms with Crippen molar-refractivity contribution in [3.8, 4) is 0 Å². The van der Waals surface area contributed by atoms with E-state index in [4.69, 9.17) is 5.11 Å². The lowest BCUT2D eigenvalue weighted by atomic mass is 9.88. The van der Waals surface area contributed by atoms with E-state index in [2.05, 4.69) is 0 Å². The average molecular weight is 538 g/mol. The standard InChI is InChI=1S/C12H8F18N2O/c1-31-7(19,4(13,14)9(21,22)23)8(20,5(15,16)10(24,25)26)32(2-3-33)12(31,30)6(17,18)11(27,28)29/h33H,2-3H2,1H3. The van der Waals surface area contributed by atoms with Crippen LogP contribution in [0.25, 0.3) is 0 Å². The van der Waals surface area contributed by atoms with Gasteiger partial charge in [0.25, 0.3) is 17.5 Å². The van der Waals surface area contributed by atoms with Crippen LogP contribution in [0.15, 0.2) is 0 Å². The summed E-state index contributed by atoms with van der Waals surface area (Å²) in [5.41, 5.74) is 0. The van der Waals surface area contributed by atoms with Gasteiger partial charge in [-0.1, -0.05) is 0 Å². The van der Waals surface area contributed by atoms with Crippen LogP contribution >= 0.6 is 0 Å². The molecule has 0 aliphatic carbocycles. The van der Waals surface area contributed by atoms with Crippen LogP contribution in [0.4, 0.5) is 79.0 Å². The molecule has 0 aromatic heterocycles. The normalized spacial score (nSPS) is 32.0. The molecule has 3 nitrogen and oxygen atoms in total. The first-order valence-corrected chi connectivity index (χ1v) is 7.63. The number of aliphatic hydroxyl groups excluding tert-OH is 1. The van der Waals surface area contributed by atoms with Crippen LogP contribution in [-0.4, -0.2) is 88.9 Å². The van der Waals surface area contributed by atoms with Crippen molar-refractivity contribution in [1.82, 2.24) is 9.80 Å². The lowest BCUT2D eigenvalue weighted by molar-refractivity contribution is -0.423. The van der Waals surface area contributed by atoms with Gasteiger partial charge in [-0.05, 0) is 7.05 Å². The molecule has 0 saturated carbocycles. The Labute approximate surface area is 169 Å². The third-order valence-electron chi connectivity index (χ3n) is 4.70. The maximum atomic E-state index is 15.2. The second-order valence-electron chi connectivity index (χ2n) is 6.48. The average Bonchev–Trinajstić information content (AvgIpc) is 2.72. The number of β-amino-alcohol motifs (C(OH)–C–C–N with tert-alkyl or cyclic N) is 1. The summed E-state index contributed by atoms with van der Waals surface area (Å²) < 4.78 is 243. The van der Waals surface area contributed by atoms with Crippen molar-refractivity contribution < 1.29 is 84.1 Å². The predicted molar refractivity (Wildman–Crippen MR) is 66.1 cm³/mol. The van der Waals surface area contributed by atoms with Crippen molar-refractivity contribution in [2.45, 2.75) is 53.8 Å². The highest BCUT2D eigenvalue weighted by molar-refractivity contribution is 5.26. The molecule has 0 spiro atoms. The first-order valence-electron chi connectivity index (χ1n) is 7.63. The molecule has 1 heterocycles. The Balaban J connectivity index is 4.39. The van der Waals surface area contributed by atoms with Gasteiger partial charge in [0, 0.05) is 6.54 Å². The predicted octanol–water partition coefficient (Wildman–Crippen LogP) is 4.77. The fourth-order valence-corrected chi connectivity index (χ4v) is 3.13. The van der Waals surface area contributed by atoms with Crippen molar-refractivity contribution in [2.24, 2.45) is 0 Å². The summed E-state index contributed by atoms with van der Waals surface area (Å²) in [6.07, 6.45) is -23.1. The zero-order chi connectivity index (χ0) is 27.1. The Bertz CT molecular complexity index is 744. The maximum Gasteiger partial charge on any atom is 0.459 e. The molecule has 3 unspecified atom stereocenters. The van der Waals surface area contributed by atoms with E-state index in [0.717, 1.165) is 0 Å². The molecule has 0 aromatic rings. The van der Waals surface area contributed by atoms with E-state index in [0.29, 0.717) is 0 Å². The zero-order valence-corrected chi connectivity index (χ0v) is 15.1. The minimum atomic E-state index is -8.03. The summed E-state index contributed by atoms with van der Waals surface area (Å²) in [7, 11) is -1.28. The van der Waals surface area contributed by atoms with Crippen molar-refractivity contribution in [3.05, 3.63) is 0 Å². The van der Waals surface area contributed by atoms with Crippen LogP contribution < -0.4 is 0 Å². The van der Waals surface area contributed by atoms with Crippen molar-refractivity contribution in [2.75, 3.05) is 20.2 Å². The highest BCUT2D eigenvalue weighted by Crippen LogP contribution is 2.70. The minimum Gasteiger partial charge on any atom is -0.395 e. The molecule has 0 aromatic carbocycles. The second kappa shape index (κ2) is 7.31. The zero-order valence-electron chi connectivity index (χ0n) is 15.1. The fraction of sp³-hybridized carbons (Fsp3) is 1.00. The van der Waals surface area contributed by atoms with Gasteiger partial charge < -0.3 is 5.11 Å². The SMILES string of the molecule is CN1C(F)(C(F)(F)C(F)(F)F)N(CCO)C(F)(C(F)(F)C(F)(F)F)C1(F)C(F)(F)C(F)(F)F. The van der Waals surface area contributed by atoms with Gasteiger partial charge in [0.05, 0.1) is 6.61 Å². The van der Waals surface area contributed by atoms with Crippen LogP contribution in [0.1, 0.15) is 0 Å². The fourth-order valence-electron chi connectivity index (χ4n) is 3.13. The van der Waals surface area contributed by atoms with E-state index in [1.165, 1.54) is 0 Å². The summed E-state index contributed by atoms with van der Waals surface area (Å²) in [4.78, 5) is -5.79. The number of aliphatic hydroxyl groups is 1. The first kappa shape index (κ1) is 29.7. The first-order chi connectivity index (χ1) is 14.1. The topological polar surface area (TPSA) is 26.7 Å². The number of hydrogen-bond acceptors (Lipinski definition) is 3. The van der Waals surface area contributed by atoms with Gasteiger partial charge in [-0.2, -0.15) is 65.9 Å². The number of likely N-dealkylation sites (N-methyl/N-ethyl adjacent to an activating group) is 1. The lowest BCUT2D eigenvalue weighted by Gasteiger charge is -2.46. The number of alkyl halides is 18. The van der Waals surface area contributed by atoms with Crippen LogP contribution in [0, 0.1) is 0 Å². The molecular weight excluding hydrogens is 530 g/mol. The maximum absolute atomic E-state index is 15.2. The molecule has 21 heteroatoms. The summed E-state index contributed by atoms with van der Waals surface area (Å²) in [5, 5.41) is 8.57. The molecule has 3 atom stereocenters. The number of nitrogens with zero attached hydrogens (tertiary/aromatic N) is 2. The molecule has 1 fully saturated rings. The van der Waals surface area contributed by atoms with Crippen LogP contribution in [0.3, 0.4) is 0 Å². The third-order valence-corrected chi connectivity index (χ3v) is 4.70. The molecule has 198 valence electrons. The van der Waals surface area contributed by atoms with Gasteiger partial charge in [0.15, 0.2) is 0 Å². The van der Waals surface area contributed by atoms with Crippen molar-refractivity contribution in [3.63, 3.8) is 0 Å². The van der Waals surface area contributed by atoms with Gasteiger partial charge in [0.2, 0.25) is 0 Å². The Morgan fingerprint density at radius 2 is 0.879 bits per heavy atom. The largest absolute Gasteiger partial charge is 0.459 e. The Hall–Kier alpha value is -1.38. The van der Waals surface area contributed by atoms with Gasteiger partial charge in [-0.15, -0.1) is 0 Å². The highest BCUT2D eigenvalue weighted by Gasteiger charge is 3.00. The van der Waals surface area contributed by atoms with Gasteiger partial charge in [-0.3, -0.25) is 0 Å². The molecule has 1 aliphatic rings. The van der Waals surface area contributed by atoms with Gasteiger partial charge in [-0.25, -0.2) is 23.0 Å². The summed E-state index contributed by atoms with van der Waals surface area (Å²) in [6, 6.07) is 0. The molecule has 1 rings (SSSR count). The molecule has 0 bridgehead atoms. The van der Waals surface area contributed by atoms with Gasteiger partial charge >= 0.3 is 36.3 Å². The third kappa shape index (κ3) is 3.19.